The van der Waals surface area contributed by atoms with Crippen LogP contribution in [0.1, 0.15) is 25.0 Å². The highest BCUT2D eigenvalue weighted by atomic mass is 19.1. The summed E-state index contributed by atoms with van der Waals surface area (Å²) in [5.74, 6) is -0.374. The number of aliphatic hydroxyl groups excluding tert-OH is 1. The molecule has 0 aromatic heterocycles. The van der Waals surface area contributed by atoms with Crippen LogP contribution in [0.15, 0.2) is 18.2 Å². The van der Waals surface area contributed by atoms with E-state index in [2.05, 4.69) is 11.8 Å². The summed E-state index contributed by atoms with van der Waals surface area (Å²) >= 11 is 0. The lowest BCUT2D eigenvalue weighted by molar-refractivity contribution is -0.0907. The van der Waals surface area contributed by atoms with Crippen molar-refractivity contribution in [3.63, 3.8) is 0 Å². The Morgan fingerprint density at radius 3 is 3.05 bits per heavy atom. The first-order chi connectivity index (χ1) is 9.67. The summed E-state index contributed by atoms with van der Waals surface area (Å²) in [5.41, 5.74) is 0.229. The van der Waals surface area contributed by atoms with Crippen LogP contribution in [0.3, 0.4) is 0 Å². The third kappa shape index (κ3) is 3.29. The van der Waals surface area contributed by atoms with Crippen molar-refractivity contribution in [1.82, 2.24) is 4.90 Å². The van der Waals surface area contributed by atoms with Gasteiger partial charge in [-0.1, -0.05) is 19.1 Å². The average molecular weight is 283 g/mol. The minimum Gasteiger partial charge on any atom is -0.494 e. The molecule has 1 aliphatic rings. The van der Waals surface area contributed by atoms with Gasteiger partial charge in [0.1, 0.15) is 12.2 Å². The van der Waals surface area contributed by atoms with E-state index in [1.807, 2.05) is 0 Å². The average Bonchev–Trinajstić information content (AvgIpc) is 2.47. The number of morpholine rings is 1. The highest BCUT2D eigenvalue weighted by Crippen LogP contribution is 2.29. The van der Waals surface area contributed by atoms with Gasteiger partial charge in [-0.05, 0) is 19.0 Å². The van der Waals surface area contributed by atoms with Crippen molar-refractivity contribution in [3.8, 4) is 5.75 Å². The number of methoxy groups -OCH3 is 1. The van der Waals surface area contributed by atoms with Crippen molar-refractivity contribution in [2.75, 3.05) is 33.4 Å². The fourth-order valence-electron chi connectivity index (χ4n) is 2.56. The fraction of sp³-hybridized carbons (Fsp3) is 0.600. The molecular formula is C15H22FNO3. The molecule has 4 nitrogen and oxygen atoms in total. The van der Waals surface area contributed by atoms with E-state index in [9.17, 15) is 9.50 Å². The lowest BCUT2D eigenvalue weighted by Gasteiger charge is -2.35. The first-order valence-electron chi connectivity index (χ1n) is 7.01. The minimum atomic E-state index is -0.982. The Morgan fingerprint density at radius 1 is 1.55 bits per heavy atom. The smallest absolute Gasteiger partial charge is 0.170 e. The van der Waals surface area contributed by atoms with E-state index in [-0.39, 0.29) is 11.3 Å². The summed E-state index contributed by atoms with van der Waals surface area (Å²) < 4.78 is 24.7. The Morgan fingerprint density at radius 2 is 2.35 bits per heavy atom. The van der Waals surface area contributed by atoms with Gasteiger partial charge in [0.2, 0.25) is 0 Å². The molecule has 0 amide bonds. The summed E-state index contributed by atoms with van der Waals surface area (Å²) in [6.07, 6.45) is -0.335. The lowest BCUT2D eigenvalue weighted by atomic mass is 10.0. The van der Waals surface area contributed by atoms with Crippen LogP contribution < -0.4 is 4.74 Å². The normalized spacial score (nSPS) is 21.7. The van der Waals surface area contributed by atoms with Crippen molar-refractivity contribution < 1.29 is 19.0 Å². The Hall–Kier alpha value is -1.17. The topological polar surface area (TPSA) is 41.9 Å². The number of ether oxygens (including phenoxy) is 2. The Labute approximate surface area is 119 Å². The number of hydrogen-bond acceptors (Lipinski definition) is 4. The second-order valence-corrected chi connectivity index (χ2v) is 5.02. The van der Waals surface area contributed by atoms with Crippen molar-refractivity contribution in [2.24, 2.45) is 0 Å². The fourth-order valence-corrected chi connectivity index (χ4v) is 2.56. The standard InChI is InChI=1S/C15H22FNO3/c1-3-7-17-8-9-20-13(10-17)15(18)11-5-4-6-12(19-2)14(11)16/h4-6,13,15,18H,3,7-10H2,1-2H3. The van der Waals surface area contributed by atoms with Gasteiger partial charge >= 0.3 is 0 Å². The first-order valence-corrected chi connectivity index (χ1v) is 7.01. The molecule has 2 atom stereocenters. The number of nitrogens with zero attached hydrogens (tertiary/aromatic N) is 1. The third-order valence-electron chi connectivity index (χ3n) is 3.60. The Kier molecular flexibility index (Phi) is 5.34. The number of aliphatic hydroxyl groups is 1. The van der Waals surface area contributed by atoms with Gasteiger partial charge in [0.05, 0.1) is 13.7 Å². The highest BCUT2D eigenvalue weighted by molar-refractivity contribution is 5.32. The Balaban J connectivity index is 2.12. The van der Waals surface area contributed by atoms with E-state index >= 15 is 0 Å². The van der Waals surface area contributed by atoms with Gasteiger partial charge in [-0.2, -0.15) is 0 Å². The van der Waals surface area contributed by atoms with Gasteiger partial charge in [-0.15, -0.1) is 0 Å². The van der Waals surface area contributed by atoms with Crippen LogP contribution in [0.25, 0.3) is 0 Å². The maximum Gasteiger partial charge on any atom is 0.170 e. The number of halogens is 1. The molecule has 0 spiro atoms. The molecule has 1 aliphatic heterocycles. The van der Waals surface area contributed by atoms with E-state index in [0.29, 0.717) is 13.2 Å². The van der Waals surface area contributed by atoms with Crippen LogP contribution in [0.2, 0.25) is 0 Å². The van der Waals surface area contributed by atoms with Crippen molar-refractivity contribution in [2.45, 2.75) is 25.6 Å². The van der Waals surface area contributed by atoms with Crippen molar-refractivity contribution >= 4 is 0 Å². The molecule has 1 saturated heterocycles. The Bertz CT molecular complexity index is 439. The zero-order valence-electron chi connectivity index (χ0n) is 12.0. The maximum absolute atomic E-state index is 14.2. The zero-order valence-corrected chi connectivity index (χ0v) is 12.0. The zero-order chi connectivity index (χ0) is 14.5. The highest BCUT2D eigenvalue weighted by Gasteiger charge is 2.30. The second-order valence-electron chi connectivity index (χ2n) is 5.02. The molecular weight excluding hydrogens is 261 g/mol. The molecule has 0 bridgehead atoms. The predicted octanol–water partition coefficient (Wildman–Crippen LogP) is 1.98. The quantitative estimate of drug-likeness (QED) is 0.897. The van der Waals surface area contributed by atoms with Crippen LogP contribution in [-0.2, 0) is 4.74 Å². The van der Waals surface area contributed by atoms with E-state index in [1.54, 1.807) is 12.1 Å². The third-order valence-corrected chi connectivity index (χ3v) is 3.60. The minimum absolute atomic E-state index is 0.141. The molecule has 0 saturated carbocycles. The van der Waals surface area contributed by atoms with Gasteiger partial charge in [0, 0.05) is 18.7 Å². The largest absolute Gasteiger partial charge is 0.494 e. The summed E-state index contributed by atoms with van der Waals surface area (Å²) in [6, 6.07) is 4.79. The number of hydrogen-bond donors (Lipinski definition) is 1. The molecule has 1 heterocycles. The molecule has 20 heavy (non-hydrogen) atoms. The van der Waals surface area contributed by atoms with Crippen LogP contribution in [0, 0.1) is 5.82 Å². The van der Waals surface area contributed by atoms with Crippen LogP contribution in [-0.4, -0.2) is 49.5 Å². The molecule has 0 radical (unpaired) electrons. The van der Waals surface area contributed by atoms with Gasteiger partial charge in [-0.3, -0.25) is 4.90 Å². The van der Waals surface area contributed by atoms with E-state index < -0.39 is 18.0 Å². The van der Waals surface area contributed by atoms with Crippen LogP contribution >= 0.6 is 0 Å². The molecule has 2 unspecified atom stereocenters. The van der Waals surface area contributed by atoms with E-state index in [4.69, 9.17) is 9.47 Å². The van der Waals surface area contributed by atoms with Gasteiger partial charge in [0.15, 0.2) is 11.6 Å². The molecule has 1 aromatic carbocycles. The maximum atomic E-state index is 14.2. The van der Waals surface area contributed by atoms with Gasteiger partial charge < -0.3 is 14.6 Å². The van der Waals surface area contributed by atoms with Gasteiger partial charge in [0.25, 0.3) is 0 Å². The summed E-state index contributed by atoms with van der Waals surface area (Å²) in [7, 11) is 1.41. The summed E-state index contributed by atoms with van der Waals surface area (Å²) in [4.78, 5) is 2.23. The molecule has 2 rings (SSSR count). The molecule has 112 valence electrons. The lowest BCUT2D eigenvalue weighted by Crippen LogP contribution is -2.45. The van der Waals surface area contributed by atoms with Crippen LogP contribution in [0.5, 0.6) is 5.75 Å². The van der Waals surface area contributed by atoms with E-state index in [0.717, 1.165) is 19.5 Å². The predicted molar refractivity (Wildman–Crippen MR) is 74.4 cm³/mol. The molecule has 5 heteroatoms. The van der Waals surface area contributed by atoms with Crippen LogP contribution in [0.4, 0.5) is 4.39 Å². The summed E-state index contributed by atoms with van der Waals surface area (Å²) in [6.45, 7) is 5.12. The monoisotopic (exact) mass is 283 g/mol. The number of benzene rings is 1. The van der Waals surface area contributed by atoms with Crippen molar-refractivity contribution in [3.05, 3.63) is 29.6 Å². The molecule has 1 N–H and O–H groups in total. The molecule has 0 aliphatic carbocycles. The molecule has 1 fully saturated rings. The first kappa shape index (κ1) is 15.2. The van der Waals surface area contributed by atoms with Gasteiger partial charge in [-0.25, -0.2) is 4.39 Å². The molecule has 1 aromatic rings. The van der Waals surface area contributed by atoms with E-state index in [1.165, 1.54) is 13.2 Å². The SMILES string of the molecule is CCCN1CCOC(C(O)c2cccc(OC)c2F)C1. The van der Waals surface area contributed by atoms with Crippen molar-refractivity contribution in [1.29, 1.82) is 0 Å². The second kappa shape index (κ2) is 7.02. The number of rotatable bonds is 5. The summed E-state index contributed by atoms with van der Waals surface area (Å²) in [5, 5.41) is 10.4.